The van der Waals surface area contributed by atoms with Crippen molar-refractivity contribution in [2.24, 2.45) is 0 Å². The Morgan fingerprint density at radius 3 is 2.67 bits per heavy atom. The first-order valence-electron chi connectivity index (χ1n) is 6.60. The summed E-state index contributed by atoms with van der Waals surface area (Å²) >= 11 is 1.48. The maximum absolute atomic E-state index is 12.3. The summed E-state index contributed by atoms with van der Waals surface area (Å²) in [7, 11) is 0. The van der Waals surface area contributed by atoms with Crippen molar-refractivity contribution in [3.63, 3.8) is 0 Å². The maximum Gasteiger partial charge on any atom is 0.265 e. The van der Waals surface area contributed by atoms with E-state index in [9.17, 15) is 4.79 Å². The Labute approximate surface area is 128 Å². The monoisotopic (exact) mass is 299 g/mol. The van der Waals surface area contributed by atoms with Crippen LogP contribution in [0.2, 0.25) is 0 Å². The molecule has 3 nitrogen and oxygen atoms in total. The van der Waals surface area contributed by atoms with Crippen LogP contribution < -0.4 is 5.32 Å². The van der Waals surface area contributed by atoms with Crippen molar-refractivity contribution in [3.8, 4) is 11.8 Å². The molecule has 4 heteroatoms. The summed E-state index contributed by atoms with van der Waals surface area (Å²) in [6.45, 7) is 5.75. The van der Waals surface area contributed by atoms with E-state index in [4.69, 9.17) is 5.11 Å². The number of thiophene rings is 1. The summed E-state index contributed by atoms with van der Waals surface area (Å²) in [5.41, 5.74) is 3.53. The highest BCUT2D eigenvalue weighted by molar-refractivity contribution is 7.14. The molecule has 0 unspecified atom stereocenters. The summed E-state index contributed by atoms with van der Waals surface area (Å²) in [6, 6.07) is 7.55. The lowest BCUT2D eigenvalue weighted by molar-refractivity contribution is 0.103. The summed E-state index contributed by atoms with van der Waals surface area (Å²) in [5, 5.41) is 11.7. The zero-order valence-corrected chi connectivity index (χ0v) is 13.1. The van der Waals surface area contributed by atoms with Crippen LogP contribution in [0.4, 0.5) is 5.69 Å². The van der Waals surface area contributed by atoms with Crippen molar-refractivity contribution in [2.75, 3.05) is 11.9 Å². The fourth-order valence-electron chi connectivity index (χ4n) is 1.87. The van der Waals surface area contributed by atoms with Crippen molar-refractivity contribution >= 4 is 22.9 Å². The van der Waals surface area contributed by atoms with Crippen molar-refractivity contribution in [1.82, 2.24) is 0 Å². The van der Waals surface area contributed by atoms with E-state index in [1.807, 2.05) is 45.0 Å². The average Bonchev–Trinajstić information content (AvgIpc) is 2.78. The van der Waals surface area contributed by atoms with E-state index in [1.54, 1.807) is 0 Å². The highest BCUT2D eigenvalue weighted by Crippen LogP contribution is 2.23. The van der Waals surface area contributed by atoms with Gasteiger partial charge in [-0.15, -0.1) is 11.3 Å². The molecule has 0 aliphatic carbocycles. The molecule has 108 valence electrons. The zero-order valence-electron chi connectivity index (χ0n) is 12.3. The van der Waals surface area contributed by atoms with Crippen LogP contribution in [0, 0.1) is 32.6 Å². The molecular formula is C17H17NO2S. The van der Waals surface area contributed by atoms with Gasteiger partial charge in [0.1, 0.15) is 6.61 Å². The number of anilines is 1. The van der Waals surface area contributed by atoms with Crippen LogP contribution in [-0.2, 0) is 0 Å². The second-order valence-corrected chi connectivity index (χ2v) is 6.07. The average molecular weight is 299 g/mol. The normalized spacial score (nSPS) is 9.90. The van der Waals surface area contributed by atoms with Gasteiger partial charge in [-0.1, -0.05) is 17.9 Å². The Balaban J connectivity index is 2.29. The van der Waals surface area contributed by atoms with Gasteiger partial charge >= 0.3 is 0 Å². The summed E-state index contributed by atoms with van der Waals surface area (Å²) in [5.74, 6) is 5.33. The topological polar surface area (TPSA) is 49.3 Å². The molecule has 1 amide bonds. The molecule has 0 aliphatic rings. The summed E-state index contributed by atoms with van der Waals surface area (Å²) in [4.78, 5) is 14.1. The zero-order chi connectivity index (χ0) is 15.4. The van der Waals surface area contributed by atoms with Crippen LogP contribution >= 0.6 is 11.3 Å². The fourth-order valence-corrected chi connectivity index (χ4v) is 2.80. The van der Waals surface area contributed by atoms with Gasteiger partial charge in [-0.3, -0.25) is 4.79 Å². The molecule has 2 aromatic rings. The standard InChI is InChI=1S/C17H17NO2S/c1-11-6-7-14(5-4-8-19)15(9-11)18-17(20)16-10-12(2)13(3)21-16/h6-7,9-10,19H,8H2,1-3H3,(H,18,20). The van der Waals surface area contributed by atoms with Gasteiger partial charge in [-0.2, -0.15) is 0 Å². The summed E-state index contributed by atoms with van der Waals surface area (Å²) in [6.07, 6.45) is 0. The quantitative estimate of drug-likeness (QED) is 0.836. The molecule has 0 saturated carbocycles. The number of rotatable bonds is 2. The lowest BCUT2D eigenvalue weighted by atomic mass is 10.1. The van der Waals surface area contributed by atoms with Crippen LogP contribution in [0.3, 0.4) is 0 Å². The van der Waals surface area contributed by atoms with Gasteiger partial charge in [-0.05, 0) is 50.1 Å². The van der Waals surface area contributed by atoms with E-state index >= 15 is 0 Å². The number of amides is 1. The van der Waals surface area contributed by atoms with E-state index < -0.39 is 0 Å². The molecular weight excluding hydrogens is 282 g/mol. The highest BCUT2D eigenvalue weighted by Gasteiger charge is 2.12. The van der Waals surface area contributed by atoms with Crippen LogP contribution in [0.1, 0.15) is 31.2 Å². The lowest BCUT2D eigenvalue weighted by Gasteiger charge is -2.07. The smallest absolute Gasteiger partial charge is 0.265 e. The molecule has 0 saturated heterocycles. The number of aliphatic hydroxyl groups is 1. The van der Waals surface area contributed by atoms with Crippen LogP contribution in [0.25, 0.3) is 0 Å². The van der Waals surface area contributed by atoms with Crippen LogP contribution in [0.15, 0.2) is 24.3 Å². The molecule has 1 aromatic heterocycles. The van der Waals surface area contributed by atoms with Gasteiger partial charge in [0.05, 0.1) is 10.6 Å². The third kappa shape index (κ3) is 3.72. The molecule has 0 bridgehead atoms. The van der Waals surface area contributed by atoms with E-state index in [0.29, 0.717) is 16.1 Å². The van der Waals surface area contributed by atoms with E-state index in [1.165, 1.54) is 11.3 Å². The SMILES string of the molecule is Cc1ccc(C#CCO)c(NC(=O)c2cc(C)c(C)s2)c1. The minimum Gasteiger partial charge on any atom is -0.384 e. The molecule has 21 heavy (non-hydrogen) atoms. The second-order valence-electron chi connectivity index (χ2n) is 4.81. The number of nitrogens with one attached hydrogen (secondary N) is 1. The van der Waals surface area contributed by atoms with Gasteiger partial charge in [0.2, 0.25) is 0 Å². The second kappa shape index (κ2) is 6.57. The Bertz CT molecular complexity index is 715. The Morgan fingerprint density at radius 2 is 2.05 bits per heavy atom. The van der Waals surface area contributed by atoms with E-state index in [2.05, 4.69) is 17.2 Å². The van der Waals surface area contributed by atoms with Crippen molar-refractivity contribution < 1.29 is 9.90 Å². The molecule has 2 rings (SSSR count). The maximum atomic E-state index is 12.3. The predicted octanol–water partition coefficient (Wildman–Crippen LogP) is 3.27. The first-order valence-corrected chi connectivity index (χ1v) is 7.41. The molecule has 0 radical (unpaired) electrons. The number of aliphatic hydroxyl groups excluding tert-OH is 1. The Kier molecular flexibility index (Phi) is 4.79. The predicted molar refractivity (Wildman–Crippen MR) is 86.9 cm³/mol. The highest BCUT2D eigenvalue weighted by atomic mass is 32.1. The number of benzene rings is 1. The number of carbonyl (C=O) groups excluding carboxylic acids is 1. The first-order chi connectivity index (χ1) is 10.0. The number of hydrogen-bond donors (Lipinski definition) is 2. The molecule has 0 spiro atoms. The molecule has 0 atom stereocenters. The van der Waals surface area contributed by atoms with Gasteiger partial charge in [0.25, 0.3) is 5.91 Å². The lowest BCUT2D eigenvalue weighted by Crippen LogP contribution is -2.11. The minimum atomic E-state index is -0.204. The molecule has 1 heterocycles. The number of aryl methyl sites for hydroxylation is 3. The molecule has 0 fully saturated rings. The minimum absolute atomic E-state index is 0.131. The molecule has 2 N–H and O–H groups in total. The van der Waals surface area contributed by atoms with Gasteiger partial charge in [0.15, 0.2) is 0 Å². The Hall–Kier alpha value is -2.09. The Morgan fingerprint density at radius 1 is 1.29 bits per heavy atom. The fraction of sp³-hybridized carbons (Fsp3) is 0.235. The van der Waals surface area contributed by atoms with Gasteiger partial charge in [0, 0.05) is 10.4 Å². The van der Waals surface area contributed by atoms with E-state index in [0.717, 1.165) is 16.0 Å². The molecule has 1 aromatic carbocycles. The van der Waals surface area contributed by atoms with Gasteiger partial charge in [-0.25, -0.2) is 0 Å². The number of carbonyl (C=O) groups is 1. The van der Waals surface area contributed by atoms with Crippen LogP contribution in [0.5, 0.6) is 0 Å². The van der Waals surface area contributed by atoms with Crippen molar-refractivity contribution in [3.05, 3.63) is 50.7 Å². The first kappa shape index (κ1) is 15.3. The van der Waals surface area contributed by atoms with Crippen molar-refractivity contribution in [2.45, 2.75) is 20.8 Å². The third-order valence-corrected chi connectivity index (χ3v) is 4.27. The largest absolute Gasteiger partial charge is 0.384 e. The third-order valence-electron chi connectivity index (χ3n) is 3.12. The molecule has 0 aliphatic heterocycles. The summed E-state index contributed by atoms with van der Waals surface area (Å²) < 4.78 is 0. The number of hydrogen-bond acceptors (Lipinski definition) is 3. The van der Waals surface area contributed by atoms with E-state index in [-0.39, 0.29) is 12.5 Å². The van der Waals surface area contributed by atoms with Gasteiger partial charge < -0.3 is 10.4 Å². The van der Waals surface area contributed by atoms with Crippen molar-refractivity contribution in [1.29, 1.82) is 0 Å². The van der Waals surface area contributed by atoms with Crippen LogP contribution in [-0.4, -0.2) is 17.6 Å².